The number of carbonyl (C=O) groups is 2. The molecule has 0 spiro atoms. The first-order valence-corrected chi connectivity index (χ1v) is 10.7. The second-order valence-corrected chi connectivity index (χ2v) is 8.53. The highest BCUT2D eigenvalue weighted by Crippen LogP contribution is 2.32. The molecule has 6 nitrogen and oxygen atoms in total. The van der Waals surface area contributed by atoms with Crippen LogP contribution in [0.1, 0.15) is 32.7 Å². The van der Waals surface area contributed by atoms with Gasteiger partial charge in [-0.2, -0.15) is 0 Å². The van der Waals surface area contributed by atoms with Crippen LogP contribution in [0.3, 0.4) is 0 Å². The van der Waals surface area contributed by atoms with E-state index in [1.807, 2.05) is 29.2 Å². The third-order valence-corrected chi connectivity index (χ3v) is 6.51. The van der Waals surface area contributed by atoms with Gasteiger partial charge in [0.1, 0.15) is 4.60 Å². The lowest BCUT2D eigenvalue weighted by Crippen LogP contribution is -2.33. The molecule has 0 aliphatic carbocycles. The maximum atomic E-state index is 12.8. The molecule has 0 bridgehead atoms. The third kappa shape index (κ3) is 4.36. The molecule has 2 atom stereocenters. The molecule has 2 aromatic rings. The van der Waals surface area contributed by atoms with Crippen molar-refractivity contribution in [1.82, 2.24) is 14.8 Å². The molecule has 1 aromatic heterocycles. The number of carbonyl (C=O) groups excluding carboxylic acids is 2. The number of rotatable bonds is 6. The fraction of sp³-hybridized carbons (Fsp3) is 0.364. The van der Waals surface area contributed by atoms with Gasteiger partial charge in [0, 0.05) is 37.9 Å². The lowest BCUT2D eigenvalue weighted by Gasteiger charge is -2.22. The average molecular weight is 456 g/mol. The first kappa shape index (κ1) is 20.0. The molecule has 2 amide bonds. The summed E-state index contributed by atoms with van der Waals surface area (Å²) in [6.07, 6.45) is 4.63. The van der Waals surface area contributed by atoms with E-state index in [-0.39, 0.29) is 5.91 Å². The molecule has 7 heteroatoms. The highest BCUT2D eigenvalue weighted by molar-refractivity contribution is 9.10. The van der Waals surface area contributed by atoms with Crippen molar-refractivity contribution in [3.63, 3.8) is 0 Å². The molecule has 2 saturated heterocycles. The average Bonchev–Trinajstić information content (AvgIpc) is 3.27. The first-order chi connectivity index (χ1) is 14.0. The number of amides is 2. The Morgan fingerprint density at radius 1 is 1.07 bits per heavy atom. The van der Waals surface area contributed by atoms with Crippen LogP contribution in [0, 0.1) is 18.3 Å². The zero-order valence-electron chi connectivity index (χ0n) is 16.1. The fourth-order valence-electron chi connectivity index (χ4n) is 4.46. The van der Waals surface area contributed by atoms with Crippen LogP contribution in [0.4, 0.5) is 0 Å². The van der Waals surface area contributed by atoms with Crippen LogP contribution in [-0.2, 0) is 0 Å². The van der Waals surface area contributed by atoms with E-state index in [4.69, 9.17) is 5.73 Å². The van der Waals surface area contributed by atoms with Crippen LogP contribution in [0.25, 0.3) is 0 Å². The summed E-state index contributed by atoms with van der Waals surface area (Å²) in [5, 5.41) is 0. The number of primary amides is 1. The zero-order valence-corrected chi connectivity index (χ0v) is 17.7. The molecular formula is C22H24BrN4O2. The normalized spacial score (nSPS) is 21.3. The van der Waals surface area contributed by atoms with Crippen molar-refractivity contribution in [3.8, 4) is 0 Å². The highest BCUT2D eigenvalue weighted by atomic mass is 79.9. The van der Waals surface area contributed by atoms with Gasteiger partial charge in [-0.25, -0.2) is 4.98 Å². The molecule has 1 unspecified atom stereocenters. The summed E-state index contributed by atoms with van der Waals surface area (Å²) in [6, 6.07) is 11.1. The van der Waals surface area contributed by atoms with E-state index in [1.165, 1.54) is 0 Å². The molecule has 2 N–H and O–H groups in total. The van der Waals surface area contributed by atoms with Gasteiger partial charge in [0.2, 0.25) is 5.91 Å². The van der Waals surface area contributed by atoms with Gasteiger partial charge in [0.05, 0.1) is 5.56 Å². The predicted octanol–water partition coefficient (Wildman–Crippen LogP) is 2.59. The Bertz CT molecular complexity index is 905. The molecule has 29 heavy (non-hydrogen) atoms. The van der Waals surface area contributed by atoms with Gasteiger partial charge in [-0.05, 0) is 70.9 Å². The topological polar surface area (TPSA) is 79.5 Å². The van der Waals surface area contributed by atoms with E-state index in [0.29, 0.717) is 27.6 Å². The number of likely N-dealkylation sites (tertiary alicyclic amines) is 2. The molecule has 1 aromatic carbocycles. The summed E-state index contributed by atoms with van der Waals surface area (Å²) < 4.78 is 0.607. The molecule has 4 rings (SSSR count). The molecule has 2 aliphatic heterocycles. The van der Waals surface area contributed by atoms with E-state index >= 15 is 0 Å². The van der Waals surface area contributed by atoms with Crippen LogP contribution in [0.5, 0.6) is 0 Å². The summed E-state index contributed by atoms with van der Waals surface area (Å²) >= 11 is 3.38. The summed E-state index contributed by atoms with van der Waals surface area (Å²) in [4.78, 5) is 32.9. The second kappa shape index (κ2) is 8.63. The number of halogens is 1. The van der Waals surface area contributed by atoms with Crippen LogP contribution in [0.2, 0.25) is 0 Å². The number of aromatic nitrogens is 1. The van der Waals surface area contributed by atoms with Gasteiger partial charge in [-0.15, -0.1) is 0 Å². The predicted molar refractivity (Wildman–Crippen MR) is 114 cm³/mol. The monoisotopic (exact) mass is 455 g/mol. The van der Waals surface area contributed by atoms with Crippen molar-refractivity contribution < 1.29 is 9.59 Å². The van der Waals surface area contributed by atoms with Crippen LogP contribution >= 0.6 is 15.9 Å². The number of nitrogens with two attached hydrogens (primary N) is 1. The third-order valence-electron chi connectivity index (χ3n) is 5.87. The van der Waals surface area contributed by atoms with Gasteiger partial charge in [0.15, 0.2) is 0 Å². The van der Waals surface area contributed by atoms with Crippen molar-refractivity contribution >= 4 is 27.7 Å². The maximum absolute atomic E-state index is 12.8. The molecule has 151 valence electrons. The maximum Gasteiger partial charge on any atom is 0.256 e. The Morgan fingerprint density at radius 2 is 1.76 bits per heavy atom. The lowest BCUT2D eigenvalue weighted by atomic mass is 10.0. The SMILES string of the molecule is NC(=O)c1ccccc1[CH]CCN1CC2CN(C(=O)c3cccnc3Br)C[C@@H]2C1. The number of pyridine rings is 1. The number of hydrogen-bond acceptors (Lipinski definition) is 4. The molecule has 2 aliphatic rings. The Labute approximate surface area is 179 Å². The van der Waals surface area contributed by atoms with Gasteiger partial charge < -0.3 is 15.5 Å². The van der Waals surface area contributed by atoms with E-state index in [2.05, 4.69) is 32.2 Å². The van der Waals surface area contributed by atoms with Crippen LogP contribution in [0.15, 0.2) is 47.2 Å². The van der Waals surface area contributed by atoms with E-state index in [1.54, 1.807) is 18.3 Å². The van der Waals surface area contributed by atoms with Crippen molar-refractivity contribution in [3.05, 3.63) is 70.3 Å². The Morgan fingerprint density at radius 3 is 2.45 bits per heavy atom. The number of hydrogen-bond donors (Lipinski definition) is 1. The Balaban J connectivity index is 1.27. The van der Waals surface area contributed by atoms with Gasteiger partial charge in [-0.1, -0.05) is 18.2 Å². The van der Waals surface area contributed by atoms with Gasteiger partial charge in [-0.3, -0.25) is 9.59 Å². The minimum absolute atomic E-state index is 0.0577. The zero-order chi connectivity index (χ0) is 20.4. The number of benzene rings is 1. The van der Waals surface area contributed by atoms with Gasteiger partial charge >= 0.3 is 0 Å². The quantitative estimate of drug-likeness (QED) is 0.678. The molecule has 3 heterocycles. The first-order valence-electron chi connectivity index (χ1n) is 9.87. The molecule has 1 radical (unpaired) electrons. The summed E-state index contributed by atoms with van der Waals surface area (Å²) in [6.45, 7) is 4.56. The van der Waals surface area contributed by atoms with Crippen molar-refractivity contribution in [1.29, 1.82) is 0 Å². The molecular weight excluding hydrogens is 432 g/mol. The molecule has 2 fully saturated rings. The van der Waals surface area contributed by atoms with Gasteiger partial charge in [0.25, 0.3) is 5.91 Å². The standard InChI is InChI=1S/C22H24BrN4O2/c23-20-19(8-3-9-25-20)22(29)27-13-16-11-26(12-17(16)14-27)10-4-6-15-5-1-2-7-18(15)21(24)28/h1-3,5-9,16-17H,4,10-14H2,(H2,24,28)/t16-,17?/m0/s1. The minimum atomic E-state index is -0.391. The van der Waals surface area contributed by atoms with E-state index in [9.17, 15) is 9.59 Å². The summed E-state index contributed by atoms with van der Waals surface area (Å²) in [7, 11) is 0. The Kier molecular flexibility index (Phi) is 5.96. The highest BCUT2D eigenvalue weighted by Gasteiger charge is 2.41. The number of fused-ring (bicyclic) bond motifs is 1. The second-order valence-electron chi connectivity index (χ2n) is 7.78. The molecule has 0 saturated carbocycles. The number of nitrogens with zero attached hydrogens (tertiary/aromatic N) is 3. The minimum Gasteiger partial charge on any atom is -0.366 e. The van der Waals surface area contributed by atoms with Crippen molar-refractivity contribution in [2.45, 2.75) is 6.42 Å². The van der Waals surface area contributed by atoms with Crippen molar-refractivity contribution in [2.24, 2.45) is 17.6 Å². The van der Waals surface area contributed by atoms with E-state index < -0.39 is 5.91 Å². The lowest BCUT2D eigenvalue weighted by molar-refractivity contribution is 0.0772. The fourth-order valence-corrected chi connectivity index (χ4v) is 4.88. The van der Waals surface area contributed by atoms with E-state index in [0.717, 1.165) is 44.7 Å². The Hall–Kier alpha value is -2.25. The summed E-state index contributed by atoms with van der Waals surface area (Å²) in [5.74, 6) is 0.708. The smallest absolute Gasteiger partial charge is 0.256 e. The summed E-state index contributed by atoms with van der Waals surface area (Å²) in [5.41, 5.74) is 7.55. The van der Waals surface area contributed by atoms with Crippen molar-refractivity contribution in [2.75, 3.05) is 32.7 Å². The van der Waals surface area contributed by atoms with Crippen LogP contribution < -0.4 is 5.73 Å². The van der Waals surface area contributed by atoms with Crippen LogP contribution in [-0.4, -0.2) is 59.3 Å². The largest absolute Gasteiger partial charge is 0.366 e.